The van der Waals surface area contributed by atoms with Crippen molar-refractivity contribution in [2.24, 2.45) is 0 Å². The number of hydrogen-bond donors (Lipinski definition) is 0. The van der Waals surface area contributed by atoms with Gasteiger partial charge < -0.3 is 14.0 Å². The first-order valence-electron chi connectivity index (χ1n) is 8.68. The summed E-state index contributed by atoms with van der Waals surface area (Å²) in [5.74, 6) is 2.45. The monoisotopic (exact) mass is 351 g/mol. The van der Waals surface area contributed by atoms with Crippen molar-refractivity contribution < 1.29 is 9.32 Å². The molecule has 7 nitrogen and oxygen atoms in total. The van der Waals surface area contributed by atoms with E-state index >= 15 is 0 Å². The number of benzene rings is 1. The predicted molar refractivity (Wildman–Crippen MR) is 94.5 cm³/mol. The molecule has 26 heavy (non-hydrogen) atoms. The van der Waals surface area contributed by atoms with Gasteiger partial charge >= 0.3 is 0 Å². The third-order valence-electron chi connectivity index (χ3n) is 4.98. The van der Waals surface area contributed by atoms with E-state index in [0.29, 0.717) is 19.4 Å². The molecule has 7 heteroatoms. The van der Waals surface area contributed by atoms with Crippen LogP contribution in [0.25, 0.3) is 0 Å². The Morgan fingerprint density at radius 2 is 1.96 bits per heavy atom. The Labute approximate surface area is 151 Å². The summed E-state index contributed by atoms with van der Waals surface area (Å²) in [5.41, 5.74) is 2.97. The average molecular weight is 351 g/mol. The van der Waals surface area contributed by atoms with Crippen molar-refractivity contribution in [1.82, 2.24) is 24.8 Å². The molecule has 1 aliphatic heterocycles. The van der Waals surface area contributed by atoms with E-state index in [9.17, 15) is 4.79 Å². The molecule has 1 aromatic carbocycles. The zero-order valence-corrected chi connectivity index (χ0v) is 15.1. The van der Waals surface area contributed by atoms with E-state index in [-0.39, 0.29) is 11.9 Å². The third kappa shape index (κ3) is 2.79. The Balaban J connectivity index is 1.73. The molecule has 1 aliphatic rings. The lowest BCUT2D eigenvalue weighted by Crippen LogP contribution is -2.42. The minimum atomic E-state index is -0.336. The Morgan fingerprint density at radius 3 is 2.65 bits per heavy atom. The number of fused-ring (bicyclic) bond motifs is 1. The van der Waals surface area contributed by atoms with E-state index < -0.39 is 0 Å². The lowest BCUT2D eigenvalue weighted by Gasteiger charge is -2.31. The molecular weight excluding hydrogens is 330 g/mol. The number of nitrogens with zero attached hydrogens (tertiary/aromatic N) is 5. The molecule has 2 aromatic heterocycles. The molecule has 0 saturated heterocycles. The van der Waals surface area contributed by atoms with E-state index in [0.717, 1.165) is 34.2 Å². The SMILES string of the molecule is Cc1noc(C)c1Cc1nnc2n1[C@@H](Cc1ccccc1)C(=O)N(C)C2. The topological polar surface area (TPSA) is 77.0 Å². The molecule has 3 heterocycles. The van der Waals surface area contributed by atoms with Gasteiger partial charge in [-0.15, -0.1) is 10.2 Å². The van der Waals surface area contributed by atoms with Crippen LogP contribution in [-0.4, -0.2) is 37.8 Å². The molecule has 134 valence electrons. The molecule has 3 aromatic rings. The minimum Gasteiger partial charge on any atom is -0.361 e. The lowest BCUT2D eigenvalue weighted by atomic mass is 10.0. The molecule has 4 rings (SSSR count). The molecule has 0 spiro atoms. The molecule has 0 radical (unpaired) electrons. The van der Waals surface area contributed by atoms with Crippen LogP contribution in [0.1, 0.15) is 40.3 Å². The van der Waals surface area contributed by atoms with Gasteiger partial charge in [-0.05, 0) is 19.4 Å². The normalized spacial score (nSPS) is 16.8. The van der Waals surface area contributed by atoms with Crippen LogP contribution in [-0.2, 0) is 24.2 Å². The van der Waals surface area contributed by atoms with E-state index in [1.807, 2.05) is 55.8 Å². The number of aryl methyl sites for hydroxylation is 2. The quantitative estimate of drug-likeness (QED) is 0.720. The third-order valence-corrected chi connectivity index (χ3v) is 4.98. The average Bonchev–Trinajstić information content (AvgIpc) is 3.18. The number of aromatic nitrogens is 4. The molecule has 1 atom stereocenters. The number of amides is 1. The fraction of sp³-hybridized carbons (Fsp3) is 0.368. The number of likely N-dealkylation sites (N-methyl/N-ethyl adjacent to an activating group) is 1. The van der Waals surface area contributed by atoms with Crippen LogP contribution in [0.4, 0.5) is 0 Å². The second kappa shape index (κ2) is 6.40. The van der Waals surface area contributed by atoms with Crippen molar-refractivity contribution in [3.63, 3.8) is 0 Å². The van der Waals surface area contributed by atoms with Gasteiger partial charge in [-0.3, -0.25) is 4.79 Å². The zero-order chi connectivity index (χ0) is 18.3. The summed E-state index contributed by atoms with van der Waals surface area (Å²) >= 11 is 0. The van der Waals surface area contributed by atoms with Gasteiger partial charge in [-0.1, -0.05) is 35.5 Å². The molecule has 0 saturated carbocycles. The van der Waals surface area contributed by atoms with Crippen molar-refractivity contribution in [1.29, 1.82) is 0 Å². The first-order valence-corrected chi connectivity index (χ1v) is 8.68. The van der Waals surface area contributed by atoms with Crippen molar-refractivity contribution in [3.8, 4) is 0 Å². The highest BCUT2D eigenvalue weighted by Gasteiger charge is 2.34. The van der Waals surface area contributed by atoms with Crippen LogP contribution in [0, 0.1) is 13.8 Å². The van der Waals surface area contributed by atoms with Crippen LogP contribution in [0.15, 0.2) is 34.9 Å². The van der Waals surface area contributed by atoms with Gasteiger partial charge in [0.15, 0.2) is 5.82 Å². The highest BCUT2D eigenvalue weighted by Crippen LogP contribution is 2.27. The lowest BCUT2D eigenvalue weighted by molar-refractivity contribution is -0.136. The molecular formula is C19H21N5O2. The summed E-state index contributed by atoms with van der Waals surface area (Å²) < 4.78 is 7.27. The maximum Gasteiger partial charge on any atom is 0.246 e. The van der Waals surface area contributed by atoms with Gasteiger partial charge in [0.25, 0.3) is 0 Å². The van der Waals surface area contributed by atoms with Crippen LogP contribution in [0.3, 0.4) is 0 Å². The highest BCUT2D eigenvalue weighted by atomic mass is 16.5. The summed E-state index contributed by atoms with van der Waals surface area (Å²) in [5, 5.41) is 12.7. The van der Waals surface area contributed by atoms with Gasteiger partial charge in [0.1, 0.15) is 17.6 Å². The number of carbonyl (C=O) groups is 1. The fourth-order valence-corrected chi connectivity index (χ4v) is 3.53. The van der Waals surface area contributed by atoms with E-state index in [1.54, 1.807) is 4.90 Å². The smallest absolute Gasteiger partial charge is 0.246 e. The molecule has 0 bridgehead atoms. The fourth-order valence-electron chi connectivity index (χ4n) is 3.53. The van der Waals surface area contributed by atoms with E-state index in [4.69, 9.17) is 4.52 Å². The largest absolute Gasteiger partial charge is 0.361 e. The van der Waals surface area contributed by atoms with Crippen molar-refractivity contribution in [3.05, 3.63) is 64.6 Å². The van der Waals surface area contributed by atoms with E-state index in [1.165, 1.54) is 0 Å². The molecule has 0 N–H and O–H groups in total. The first kappa shape index (κ1) is 16.5. The van der Waals surface area contributed by atoms with Crippen LogP contribution >= 0.6 is 0 Å². The van der Waals surface area contributed by atoms with Crippen molar-refractivity contribution in [2.75, 3.05) is 7.05 Å². The Kier molecular flexibility index (Phi) is 4.06. The maximum atomic E-state index is 12.9. The number of hydrogen-bond acceptors (Lipinski definition) is 5. The number of carbonyl (C=O) groups excluding carboxylic acids is 1. The first-order chi connectivity index (χ1) is 12.5. The van der Waals surface area contributed by atoms with Crippen LogP contribution < -0.4 is 0 Å². The summed E-state index contributed by atoms with van der Waals surface area (Å²) in [7, 11) is 1.81. The molecule has 1 amide bonds. The summed E-state index contributed by atoms with van der Waals surface area (Å²) in [6, 6.07) is 9.70. The van der Waals surface area contributed by atoms with Gasteiger partial charge in [0, 0.05) is 25.5 Å². The second-order valence-electron chi connectivity index (χ2n) is 6.78. The van der Waals surface area contributed by atoms with Gasteiger partial charge in [0.2, 0.25) is 5.91 Å². The molecule has 0 aliphatic carbocycles. The predicted octanol–water partition coefficient (Wildman–Crippen LogP) is 2.23. The van der Waals surface area contributed by atoms with Crippen LogP contribution in [0.2, 0.25) is 0 Å². The van der Waals surface area contributed by atoms with Gasteiger partial charge in [-0.2, -0.15) is 0 Å². The molecule has 0 fully saturated rings. The highest BCUT2D eigenvalue weighted by molar-refractivity contribution is 5.81. The van der Waals surface area contributed by atoms with Gasteiger partial charge in [0.05, 0.1) is 12.2 Å². The van der Waals surface area contributed by atoms with Crippen molar-refractivity contribution in [2.45, 2.75) is 39.3 Å². The maximum absolute atomic E-state index is 12.9. The molecule has 0 unspecified atom stereocenters. The summed E-state index contributed by atoms with van der Waals surface area (Å²) in [4.78, 5) is 14.6. The summed E-state index contributed by atoms with van der Waals surface area (Å²) in [6.07, 6.45) is 1.17. The zero-order valence-electron chi connectivity index (χ0n) is 15.1. The standard InChI is InChI=1S/C19H21N5O2/c1-12-15(13(2)26-22-12)10-17-20-21-18-11-23(3)19(25)16(24(17)18)9-14-7-5-4-6-8-14/h4-8,16H,9-11H2,1-3H3/t16-/m0/s1. The Morgan fingerprint density at radius 1 is 1.19 bits per heavy atom. The van der Waals surface area contributed by atoms with E-state index in [2.05, 4.69) is 15.4 Å². The Bertz CT molecular complexity index is 925. The minimum absolute atomic E-state index is 0.0844. The van der Waals surface area contributed by atoms with Crippen molar-refractivity contribution >= 4 is 5.91 Å². The number of rotatable bonds is 4. The second-order valence-corrected chi connectivity index (χ2v) is 6.78. The Hall–Kier alpha value is -2.96. The van der Waals surface area contributed by atoms with Gasteiger partial charge in [-0.25, -0.2) is 0 Å². The van der Waals surface area contributed by atoms with Crippen LogP contribution in [0.5, 0.6) is 0 Å². The summed E-state index contributed by atoms with van der Waals surface area (Å²) in [6.45, 7) is 4.28.